The van der Waals surface area contributed by atoms with Gasteiger partial charge in [-0.1, -0.05) is 42.5 Å². The third-order valence-electron chi connectivity index (χ3n) is 3.42. The van der Waals surface area contributed by atoms with Crippen LogP contribution in [0.15, 0.2) is 42.5 Å². The molecule has 3 rings (SSSR count). The van der Waals surface area contributed by atoms with Crippen LogP contribution in [0.4, 0.5) is 4.39 Å². The predicted molar refractivity (Wildman–Crippen MR) is 70.3 cm³/mol. The van der Waals surface area contributed by atoms with Crippen LogP contribution in [0.3, 0.4) is 0 Å². The van der Waals surface area contributed by atoms with Crippen molar-refractivity contribution in [2.45, 2.75) is 18.9 Å². The highest BCUT2D eigenvalue weighted by Crippen LogP contribution is 2.20. The molecule has 2 aromatic rings. The van der Waals surface area contributed by atoms with Gasteiger partial charge >= 0.3 is 0 Å². The first-order valence-corrected chi connectivity index (χ1v) is 6.27. The number of benzene rings is 2. The van der Waals surface area contributed by atoms with Crippen molar-refractivity contribution in [1.82, 2.24) is 5.32 Å². The number of halogens is 1. The monoisotopic (exact) mass is 245 g/mol. The highest BCUT2D eigenvalue weighted by molar-refractivity contribution is 5.85. The molecule has 2 unspecified atom stereocenters. The molecule has 0 amide bonds. The summed E-state index contributed by atoms with van der Waals surface area (Å²) in [6.07, 6.45) is -1.20. The van der Waals surface area contributed by atoms with Crippen LogP contribution in [0.2, 0.25) is 0 Å². The van der Waals surface area contributed by atoms with E-state index < -0.39 is 6.17 Å². The molecule has 2 nitrogen and oxygen atoms in total. The van der Waals surface area contributed by atoms with Gasteiger partial charge in [0, 0.05) is 13.1 Å². The van der Waals surface area contributed by atoms with Crippen molar-refractivity contribution in [3.8, 4) is 0 Å². The summed E-state index contributed by atoms with van der Waals surface area (Å²) < 4.78 is 19.1. The topological polar surface area (TPSA) is 21.3 Å². The number of nitrogens with one attached hydrogen (secondary N) is 1. The average Bonchev–Trinajstić information content (AvgIpc) is 2.82. The standard InChI is InChI=1S/C15H16FNO/c16-14-8-17-9-15(14)18-10-12-6-3-5-11-4-1-2-7-13(11)12/h1-7,14-15,17H,8-10H2. The minimum Gasteiger partial charge on any atom is -0.369 e. The molecule has 1 N–H and O–H groups in total. The first-order valence-electron chi connectivity index (χ1n) is 6.27. The van der Waals surface area contributed by atoms with Crippen LogP contribution in [-0.2, 0) is 11.3 Å². The quantitative estimate of drug-likeness (QED) is 0.897. The second-order valence-electron chi connectivity index (χ2n) is 4.66. The Morgan fingerprint density at radius 1 is 1.11 bits per heavy atom. The predicted octanol–water partition coefficient (Wildman–Crippen LogP) is 2.67. The summed E-state index contributed by atoms with van der Waals surface area (Å²) in [6.45, 7) is 1.47. The number of fused-ring (bicyclic) bond motifs is 1. The molecule has 0 saturated carbocycles. The van der Waals surface area contributed by atoms with Crippen molar-refractivity contribution >= 4 is 10.8 Å². The lowest BCUT2D eigenvalue weighted by molar-refractivity contribution is 0.0144. The van der Waals surface area contributed by atoms with E-state index in [9.17, 15) is 4.39 Å². The maximum absolute atomic E-state index is 13.4. The van der Waals surface area contributed by atoms with Gasteiger partial charge in [0.1, 0.15) is 12.3 Å². The number of alkyl halides is 1. The maximum atomic E-state index is 13.4. The van der Waals surface area contributed by atoms with E-state index in [1.807, 2.05) is 24.3 Å². The third-order valence-corrected chi connectivity index (χ3v) is 3.42. The van der Waals surface area contributed by atoms with E-state index in [0.717, 1.165) is 5.56 Å². The van der Waals surface area contributed by atoms with E-state index in [4.69, 9.17) is 4.74 Å². The molecule has 2 aromatic carbocycles. The fourth-order valence-electron chi connectivity index (χ4n) is 2.40. The summed E-state index contributed by atoms with van der Waals surface area (Å²) in [6, 6.07) is 14.3. The van der Waals surface area contributed by atoms with Crippen molar-refractivity contribution in [2.75, 3.05) is 13.1 Å². The Kier molecular flexibility index (Phi) is 3.26. The van der Waals surface area contributed by atoms with Crippen LogP contribution in [0, 0.1) is 0 Å². The molecule has 2 atom stereocenters. The molecule has 0 aromatic heterocycles. The largest absolute Gasteiger partial charge is 0.369 e. The summed E-state index contributed by atoms with van der Waals surface area (Å²) in [5, 5.41) is 5.37. The van der Waals surface area contributed by atoms with Crippen LogP contribution in [-0.4, -0.2) is 25.4 Å². The van der Waals surface area contributed by atoms with Gasteiger partial charge in [-0.3, -0.25) is 0 Å². The summed E-state index contributed by atoms with van der Waals surface area (Å²) in [5.74, 6) is 0. The van der Waals surface area contributed by atoms with Crippen molar-refractivity contribution in [2.24, 2.45) is 0 Å². The molecule has 1 aliphatic rings. The van der Waals surface area contributed by atoms with Crippen LogP contribution in [0.25, 0.3) is 10.8 Å². The first kappa shape index (κ1) is 11.6. The normalized spacial score (nSPS) is 23.6. The number of hydrogen-bond donors (Lipinski definition) is 1. The minimum atomic E-state index is -0.889. The minimum absolute atomic E-state index is 0.316. The Hall–Kier alpha value is -1.45. The van der Waals surface area contributed by atoms with Gasteiger partial charge in [-0.05, 0) is 16.3 Å². The molecule has 3 heteroatoms. The summed E-state index contributed by atoms with van der Waals surface area (Å²) in [5.41, 5.74) is 1.12. The zero-order valence-corrected chi connectivity index (χ0v) is 10.1. The van der Waals surface area contributed by atoms with Crippen molar-refractivity contribution in [1.29, 1.82) is 0 Å². The van der Waals surface area contributed by atoms with E-state index in [2.05, 4.69) is 23.5 Å². The number of hydrogen-bond acceptors (Lipinski definition) is 2. The van der Waals surface area contributed by atoms with Crippen LogP contribution >= 0.6 is 0 Å². The highest BCUT2D eigenvalue weighted by Gasteiger charge is 2.27. The summed E-state index contributed by atoms with van der Waals surface area (Å²) in [4.78, 5) is 0. The van der Waals surface area contributed by atoms with E-state index in [1.165, 1.54) is 10.8 Å². The SMILES string of the molecule is FC1CNCC1OCc1cccc2ccccc12. The number of ether oxygens (including phenoxy) is 1. The van der Waals surface area contributed by atoms with E-state index >= 15 is 0 Å². The van der Waals surface area contributed by atoms with Crippen molar-refractivity contribution < 1.29 is 9.13 Å². The van der Waals surface area contributed by atoms with Crippen molar-refractivity contribution in [3.63, 3.8) is 0 Å². The molecule has 0 spiro atoms. The second kappa shape index (κ2) is 5.04. The molecular weight excluding hydrogens is 229 g/mol. The fraction of sp³-hybridized carbons (Fsp3) is 0.333. The van der Waals surface area contributed by atoms with Gasteiger partial charge in [-0.25, -0.2) is 4.39 Å². The Morgan fingerprint density at radius 2 is 1.94 bits per heavy atom. The Balaban J connectivity index is 1.78. The molecule has 94 valence electrons. The Labute approximate surface area is 106 Å². The third kappa shape index (κ3) is 2.24. The molecular formula is C15H16FNO. The highest BCUT2D eigenvalue weighted by atomic mass is 19.1. The Bertz CT molecular complexity index is 538. The molecule has 1 heterocycles. The Morgan fingerprint density at radius 3 is 2.78 bits per heavy atom. The lowest BCUT2D eigenvalue weighted by atomic mass is 10.1. The van der Waals surface area contributed by atoms with Gasteiger partial charge < -0.3 is 10.1 Å². The van der Waals surface area contributed by atoms with Crippen LogP contribution in [0.1, 0.15) is 5.56 Å². The zero-order valence-electron chi connectivity index (χ0n) is 10.1. The lowest BCUT2D eigenvalue weighted by Gasteiger charge is -2.14. The van der Waals surface area contributed by atoms with Crippen molar-refractivity contribution in [3.05, 3.63) is 48.0 Å². The van der Waals surface area contributed by atoms with Gasteiger partial charge in [0.25, 0.3) is 0 Å². The smallest absolute Gasteiger partial charge is 0.140 e. The first-order chi connectivity index (χ1) is 8.84. The van der Waals surface area contributed by atoms with Crippen LogP contribution < -0.4 is 5.32 Å². The molecule has 1 saturated heterocycles. The second-order valence-corrected chi connectivity index (χ2v) is 4.66. The summed E-state index contributed by atoms with van der Waals surface area (Å²) >= 11 is 0. The fourth-order valence-corrected chi connectivity index (χ4v) is 2.40. The van der Waals surface area contributed by atoms with Gasteiger partial charge in [0.15, 0.2) is 0 Å². The van der Waals surface area contributed by atoms with Crippen LogP contribution in [0.5, 0.6) is 0 Å². The number of rotatable bonds is 3. The zero-order chi connectivity index (χ0) is 12.4. The average molecular weight is 245 g/mol. The molecule has 0 radical (unpaired) electrons. The van der Waals surface area contributed by atoms with Gasteiger partial charge in [0.2, 0.25) is 0 Å². The molecule has 1 fully saturated rings. The molecule has 18 heavy (non-hydrogen) atoms. The lowest BCUT2D eigenvalue weighted by Crippen LogP contribution is -2.23. The van der Waals surface area contributed by atoms with E-state index in [1.54, 1.807) is 0 Å². The molecule has 0 aliphatic carbocycles. The van der Waals surface area contributed by atoms with E-state index in [0.29, 0.717) is 19.7 Å². The van der Waals surface area contributed by atoms with Gasteiger partial charge in [0.05, 0.1) is 6.61 Å². The van der Waals surface area contributed by atoms with Gasteiger partial charge in [-0.2, -0.15) is 0 Å². The summed E-state index contributed by atoms with van der Waals surface area (Å²) in [7, 11) is 0. The van der Waals surface area contributed by atoms with E-state index in [-0.39, 0.29) is 6.10 Å². The molecule has 1 aliphatic heterocycles. The van der Waals surface area contributed by atoms with Gasteiger partial charge in [-0.15, -0.1) is 0 Å². The molecule has 0 bridgehead atoms. The maximum Gasteiger partial charge on any atom is 0.140 e.